The molecule has 1 aliphatic rings. The molecule has 0 aliphatic carbocycles. The Kier molecular flexibility index (Phi) is 8.46. The number of anilines is 1. The summed E-state index contributed by atoms with van der Waals surface area (Å²) in [7, 11) is -0.782. The Labute approximate surface area is 237 Å². The Bertz CT molecular complexity index is 1510. The van der Waals surface area contributed by atoms with Crippen molar-refractivity contribution in [3.8, 4) is 5.75 Å². The second-order valence-corrected chi connectivity index (χ2v) is 12.5. The molecule has 0 aromatic heterocycles. The van der Waals surface area contributed by atoms with Crippen molar-refractivity contribution < 1.29 is 27.8 Å². The topological polar surface area (TPSA) is 119 Å². The van der Waals surface area contributed by atoms with Gasteiger partial charge in [0, 0.05) is 18.1 Å². The Hall–Kier alpha value is -2.86. The van der Waals surface area contributed by atoms with Gasteiger partial charge in [-0.25, -0.2) is 13.2 Å². The number of benzene rings is 3. The summed E-state index contributed by atoms with van der Waals surface area (Å²) in [6.07, 6.45) is 0.593. The Morgan fingerprint density at radius 1 is 1.18 bits per heavy atom. The summed E-state index contributed by atoms with van der Waals surface area (Å²) in [6.45, 7) is 2.38. The Morgan fingerprint density at radius 2 is 1.92 bits per heavy atom. The minimum absolute atomic E-state index is 0.0128. The predicted molar refractivity (Wildman–Crippen MR) is 150 cm³/mol. The Morgan fingerprint density at radius 3 is 2.64 bits per heavy atom. The number of halogens is 2. The van der Waals surface area contributed by atoms with Crippen molar-refractivity contribution in [3.05, 3.63) is 92.1 Å². The first-order chi connectivity index (χ1) is 18.3. The van der Waals surface area contributed by atoms with Gasteiger partial charge in [0.15, 0.2) is 9.84 Å². The van der Waals surface area contributed by atoms with Crippen molar-refractivity contribution in [1.82, 2.24) is 5.06 Å². The molecule has 3 aromatic rings. The van der Waals surface area contributed by atoms with Gasteiger partial charge in [-0.1, -0.05) is 53.5 Å². The van der Waals surface area contributed by atoms with E-state index in [1.54, 1.807) is 38.2 Å². The highest BCUT2D eigenvalue weighted by atomic mass is 35.5. The molecule has 0 saturated carbocycles. The number of likely N-dealkylation sites (N-methyl/N-ethyl adjacent to an activating group) is 1. The second-order valence-electron chi connectivity index (χ2n) is 9.75. The zero-order valence-corrected chi connectivity index (χ0v) is 24.0. The van der Waals surface area contributed by atoms with Crippen LogP contribution in [0.4, 0.5) is 10.5 Å². The SMILES string of the molecule is COc1cc(S(=O)(=O)Cc2ccc3c(c2)CC[N+](C)([O-])C3)ccc1NC(=O)N(O)C(C)c1cccc(Cl)c1Cl. The third-order valence-electron chi connectivity index (χ3n) is 6.77. The van der Waals surface area contributed by atoms with Crippen molar-refractivity contribution in [1.29, 1.82) is 0 Å². The number of ether oxygens (including phenoxy) is 1. The maximum atomic E-state index is 13.2. The molecule has 1 heterocycles. The van der Waals surface area contributed by atoms with Crippen LogP contribution in [-0.4, -0.2) is 50.1 Å². The van der Waals surface area contributed by atoms with Crippen LogP contribution in [0.25, 0.3) is 0 Å². The highest BCUT2D eigenvalue weighted by Gasteiger charge is 2.26. The summed E-state index contributed by atoms with van der Waals surface area (Å²) < 4.78 is 31.4. The van der Waals surface area contributed by atoms with Gasteiger partial charge >= 0.3 is 6.03 Å². The number of quaternary nitrogens is 1. The molecule has 208 valence electrons. The van der Waals surface area contributed by atoms with Gasteiger partial charge in [-0.05, 0) is 41.8 Å². The molecule has 2 unspecified atom stereocenters. The van der Waals surface area contributed by atoms with Gasteiger partial charge in [0.05, 0.1) is 53.1 Å². The van der Waals surface area contributed by atoms with Crippen LogP contribution in [0.1, 0.15) is 35.2 Å². The molecule has 0 bridgehead atoms. The van der Waals surface area contributed by atoms with E-state index in [0.717, 1.165) is 11.1 Å². The van der Waals surface area contributed by atoms with E-state index in [-0.39, 0.29) is 36.8 Å². The number of fused-ring (bicyclic) bond motifs is 1. The standard InChI is InChI=1S/C27H29Cl2N3O6S/c1-17(22-5-4-6-23(28)26(22)29)31(34)27(33)30-24-10-9-21(14-25(24)38-3)39(36,37)16-18-7-8-20-15-32(2,35)12-11-19(20)13-18/h4-10,13-14,17,34H,11-12,15-16H2,1-3H3,(H,30,33). The molecule has 9 nitrogen and oxygen atoms in total. The fourth-order valence-electron chi connectivity index (χ4n) is 4.55. The number of sulfone groups is 1. The molecule has 2 amide bonds. The molecule has 3 aromatic carbocycles. The van der Waals surface area contributed by atoms with E-state index >= 15 is 0 Å². The maximum absolute atomic E-state index is 13.2. The highest BCUT2D eigenvalue weighted by molar-refractivity contribution is 7.90. The normalized spacial score (nSPS) is 17.7. The van der Waals surface area contributed by atoms with Crippen LogP contribution in [0.15, 0.2) is 59.5 Å². The molecule has 0 fully saturated rings. The van der Waals surface area contributed by atoms with E-state index in [1.807, 2.05) is 12.1 Å². The average Bonchev–Trinajstić information content (AvgIpc) is 2.89. The number of hydrogen-bond acceptors (Lipinski definition) is 6. The molecular formula is C27H29Cl2N3O6S. The van der Waals surface area contributed by atoms with E-state index in [2.05, 4.69) is 5.32 Å². The van der Waals surface area contributed by atoms with E-state index < -0.39 is 21.9 Å². The second kappa shape index (κ2) is 11.3. The molecule has 12 heteroatoms. The lowest BCUT2D eigenvalue weighted by Gasteiger charge is -2.42. The van der Waals surface area contributed by atoms with Gasteiger partial charge in [0.2, 0.25) is 0 Å². The molecule has 2 atom stereocenters. The van der Waals surface area contributed by atoms with Gasteiger partial charge in [0.1, 0.15) is 12.3 Å². The van der Waals surface area contributed by atoms with Crippen LogP contribution in [-0.2, 0) is 28.6 Å². The first kappa shape index (κ1) is 29.1. The molecule has 4 rings (SSSR count). The smallest absolute Gasteiger partial charge is 0.346 e. The van der Waals surface area contributed by atoms with Crippen LogP contribution in [0.5, 0.6) is 5.75 Å². The molecule has 0 spiro atoms. The lowest BCUT2D eigenvalue weighted by atomic mass is 9.98. The van der Waals surface area contributed by atoms with E-state index in [4.69, 9.17) is 27.9 Å². The molecular weight excluding hydrogens is 565 g/mol. The zero-order chi connectivity index (χ0) is 28.5. The van der Waals surface area contributed by atoms with Crippen LogP contribution < -0.4 is 10.1 Å². The zero-order valence-electron chi connectivity index (χ0n) is 21.6. The fourth-order valence-corrected chi connectivity index (χ4v) is 6.36. The number of hydroxylamine groups is 5. The first-order valence-electron chi connectivity index (χ1n) is 12.1. The third-order valence-corrected chi connectivity index (χ3v) is 9.29. The van der Waals surface area contributed by atoms with Gasteiger partial charge in [-0.15, -0.1) is 0 Å². The van der Waals surface area contributed by atoms with Crippen molar-refractivity contribution in [2.75, 3.05) is 26.0 Å². The minimum atomic E-state index is -3.76. The number of rotatable bonds is 7. The van der Waals surface area contributed by atoms with Crippen LogP contribution >= 0.6 is 23.2 Å². The number of carbonyl (C=O) groups is 1. The largest absolute Gasteiger partial charge is 0.633 e. The molecule has 0 radical (unpaired) electrons. The minimum Gasteiger partial charge on any atom is -0.633 e. The van der Waals surface area contributed by atoms with Gasteiger partial charge in [-0.3, -0.25) is 5.21 Å². The number of nitrogens with one attached hydrogen (secondary N) is 1. The predicted octanol–water partition coefficient (Wildman–Crippen LogP) is 5.96. The van der Waals surface area contributed by atoms with Crippen molar-refractivity contribution in [2.24, 2.45) is 0 Å². The van der Waals surface area contributed by atoms with Crippen molar-refractivity contribution in [2.45, 2.75) is 36.6 Å². The quantitative estimate of drug-likeness (QED) is 0.151. The summed E-state index contributed by atoms with van der Waals surface area (Å²) in [6, 6.07) is 12.7. The summed E-state index contributed by atoms with van der Waals surface area (Å²) >= 11 is 12.3. The van der Waals surface area contributed by atoms with Crippen molar-refractivity contribution >= 4 is 44.8 Å². The fraction of sp³-hybridized carbons (Fsp3) is 0.296. The van der Waals surface area contributed by atoms with Crippen LogP contribution in [0.3, 0.4) is 0 Å². The number of urea groups is 1. The third kappa shape index (κ3) is 6.49. The number of carbonyl (C=O) groups excluding carboxylic acids is 1. The first-order valence-corrected chi connectivity index (χ1v) is 14.5. The maximum Gasteiger partial charge on any atom is 0.346 e. The van der Waals surface area contributed by atoms with Gasteiger partial charge < -0.3 is 19.9 Å². The summed E-state index contributed by atoms with van der Waals surface area (Å²) in [5.74, 6) is -0.134. The lowest BCUT2D eigenvalue weighted by Crippen LogP contribution is -2.41. The summed E-state index contributed by atoms with van der Waals surface area (Å²) in [5, 5.41) is 26.3. The van der Waals surface area contributed by atoms with Crippen LogP contribution in [0, 0.1) is 5.21 Å². The highest BCUT2D eigenvalue weighted by Crippen LogP contribution is 2.34. The van der Waals surface area contributed by atoms with Gasteiger partial charge in [0.25, 0.3) is 0 Å². The molecule has 0 saturated heterocycles. The Balaban J connectivity index is 1.50. The molecule has 2 N–H and O–H groups in total. The summed E-state index contributed by atoms with van der Waals surface area (Å²) in [4.78, 5) is 12.8. The van der Waals surface area contributed by atoms with E-state index in [1.165, 1.54) is 25.3 Å². The van der Waals surface area contributed by atoms with Crippen molar-refractivity contribution in [3.63, 3.8) is 0 Å². The van der Waals surface area contributed by atoms with E-state index in [0.29, 0.717) is 35.7 Å². The number of nitrogens with zero attached hydrogens (tertiary/aromatic N) is 2. The molecule has 39 heavy (non-hydrogen) atoms. The monoisotopic (exact) mass is 593 g/mol. The molecule has 1 aliphatic heterocycles. The van der Waals surface area contributed by atoms with Gasteiger partial charge in [-0.2, -0.15) is 5.06 Å². The summed E-state index contributed by atoms with van der Waals surface area (Å²) in [5.41, 5.74) is 3.16. The average molecular weight is 595 g/mol. The number of methoxy groups -OCH3 is 1. The van der Waals surface area contributed by atoms with Crippen LogP contribution in [0.2, 0.25) is 10.0 Å². The number of hydrogen-bond donors (Lipinski definition) is 2. The lowest BCUT2D eigenvalue weighted by molar-refractivity contribution is -0.876. The van der Waals surface area contributed by atoms with E-state index in [9.17, 15) is 23.6 Å². The number of amides is 2.